The summed E-state index contributed by atoms with van der Waals surface area (Å²) >= 11 is 0. The molecule has 1 aromatic carbocycles. The van der Waals surface area contributed by atoms with Crippen LogP contribution in [0.5, 0.6) is 0 Å². The Kier molecular flexibility index (Phi) is 5.78. The molecule has 0 unspecified atom stereocenters. The van der Waals surface area contributed by atoms with Crippen LogP contribution in [-0.4, -0.2) is 35.2 Å². The summed E-state index contributed by atoms with van der Waals surface area (Å²) in [5.41, 5.74) is 4.43. The Morgan fingerprint density at radius 2 is 2.13 bits per heavy atom. The lowest BCUT2D eigenvalue weighted by molar-refractivity contribution is -0.0230. The van der Waals surface area contributed by atoms with Crippen LogP contribution in [0.3, 0.4) is 0 Å². The number of hydrogen-bond acceptors (Lipinski definition) is 6. The highest BCUT2D eigenvalue weighted by atomic mass is 19.1. The van der Waals surface area contributed by atoms with Crippen LogP contribution in [0.15, 0.2) is 41.5 Å². The van der Waals surface area contributed by atoms with Gasteiger partial charge < -0.3 is 10.5 Å². The van der Waals surface area contributed by atoms with E-state index in [9.17, 15) is 13.6 Å². The van der Waals surface area contributed by atoms with Crippen molar-refractivity contribution in [3.05, 3.63) is 64.7 Å². The number of carbonyl (C=O) groups is 1. The van der Waals surface area contributed by atoms with Crippen molar-refractivity contribution >= 4 is 11.8 Å². The van der Waals surface area contributed by atoms with Crippen molar-refractivity contribution in [1.82, 2.24) is 4.98 Å². The van der Waals surface area contributed by atoms with Gasteiger partial charge in [-0.1, -0.05) is 6.07 Å². The molecule has 2 N–H and O–H groups in total. The van der Waals surface area contributed by atoms with E-state index in [4.69, 9.17) is 15.7 Å². The Morgan fingerprint density at radius 3 is 2.73 bits per heavy atom. The number of hydrogen-bond donors (Lipinski definition) is 1. The molecule has 0 amide bonds. The number of benzene rings is 1. The van der Waals surface area contributed by atoms with E-state index in [0.717, 1.165) is 13.0 Å². The Labute approximate surface area is 171 Å². The topological polar surface area (TPSA) is 101 Å². The largest absolute Gasteiger partial charge is 0.456 e. The monoisotopic (exact) mass is 416 g/mol. The van der Waals surface area contributed by atoms with E-state index in [1.165, 1.54) is 37.4 Å². The minimum absolute atomic E-state index is 0.133. The molecule has 0 bridgehead atoms. The van der Waals surface area contributed by atoms with Gasteiger partial charge in [0.05, 0.1) is 5.56 Å². The number of carbonyl (C=O) groups excluding carboxylic acids is 1. The third kappa shape index (κ3) is 3.99. The van der Waals surface area contributed by atoms with Crippen molar-refractivity contribution in [2.24, 2.45) is 10.7 Å². The molecule has 156 valence electrons. The lowest BCUT2D eigenvalue weighted by atomic mass is 9.82. The summed E-state index contributed by atoms with van der Waals surface area (Å²) in [4.78, 5) is 20.4. The molecule has 0 aliphatic carbocycles. The van der Waals surface area contributed by atoms with E-state index in [1.54, 1.807) is 0 Å². The first-order valence-corrected chi connectivity index (χ1v) is 9.14. The summed E-state index contributed by atoms with van der Waals surface area (Å²) in [7, 11) is 0. The minimum atomic E-state index is -2.01. The molecule has 0 saturated heterocycles. The molecule has 0 saturated carbocycles. The third-order valence-corrected chi connectivity index (χ3v) is 5.00. The molecule has 1 aliphatic rings. The lowest BCUT2D eigenvalue weighted by Crippen LogP contribution is -2.52. The van der Waals surface area contributed by atoms with Crippen molar-refractivity contribution in [2.45, 2.75) is 44.3 Å². The minimum Gasteiger partial charge on any atom is -0.456 e. The number of ether oxygens (including phenoxy) is 1. The molecule has 0 fully saturated rings. The average molecular weight is 416 g/mol. The highest BCUT2D eigenvalue weighted by Gasteiger charge is 2.49. The molecule has 0 radical (unpaired) electrons. The first-order chi connectivity index (χ1) is 14.2. The van der Waals surface area contributed by atoms with Gasteiger partial charge in [-0.2, -0.15) is 5.26 Å². The molecular weight excluding hydrogens is 397 g/mol. The predicted molar refractivity (Wildman–Crippen MR) is 103 cm³/mol. The average Bonchev–Trinajstić information content (AvgIpc) is 2.71. The Bertz CT molecular complexity index is 1030. The van der Waals surface area contributed by atoms with Crippen molar-refractivity contribution in [3.8, 4) is 6.07 Å². The molecule has 4 atom stereocenters. The number of rotatable bonds is 5. The molecule has 1 aromatic heterocycles. The number of aliphatic imine (C=N–C) groups is 1. The number of amidine groups is 1. The van der Waals surface area contributed by atoms with Crippen molar-refractivity contribution in [1.29, 1.82) is 5.26 Å². The zero-order valence-electron chi connectivity index (χ0n) is 16.3. The fraction of sp³-hybridized carbons (Fsp3) is 0.333. The first-order valence-electron chi connectivity index (χ1n) is 9.14. The molecule has 1 aliphatic heterocycles. The van der Waals surface area contributed by atoms with Crippen molar-refractivity contribution in [3.63, 3.8) is 0 Å². The Balaban J connectivity index is 1.94. The van der Waals surface area contributed by atoms with Crippen molar-refractivity contribution < 1.29 is 22.7 Å². The van der Waals surface area contributed by atoms with Crippen LogP contribution in [-0.2, 0) is 16.7 Å². The maximum Gasteiger partial charge on any atom is 0.283 e. The van der Waals surface area contributed by atoms with Crippen LogP contribution in [0.1, 0.15) is 41.0 Å². The molecule has 2 aromatic rings. The van der Waals surface area contributed by atoms with E-state index in [-0.39, 0.29) is 23.5 Å². The SMILES string of the molecule is C[C@@H](F)[C@H]1OC(N)=N[C@](C)(c2cc(CC(=O)c3ccc(C#N)cn3)ccc2F)[C@H]1F. The van der Waals surface area contributed by atoms with Crippen LogP contribution in [0, 0.1) is 17.1 Å². The second kappa shape index (κ2) is 8.14. The maximum atomic E-state index is 15.1. The second-order valence-electron chi connectivity index (χ2n) is 7.22. The molecule has 0 spiro atoms. The number of alkyl halides is 2. The summed E-state index contributed by atoms with van der Waals surface area (Å²) in [6.45, 7) is 2.42. The van der Waals surface area contributed by atoms with Gasteiger partial charge in [0.15, 0.2) is 18.1 Å². The Morgan fingerprint density at radius 1 is 1.40 bits per heavy atom. The number of pyridine rings is 1. The van der Waals surface area contributed by atoms with E-state index in [1.807, 2.05) is 6.07 Å². The summed E-state index contributed by atoms with van der Waals surface area (Å²) in [6.07, 6.45) is -4.12. The van der Waals surface area contributed by atoms with Gasteiger partial charge in [0.1, 0.15) is 29.3 Å². The van der Waals surface area contributed by atoms with E-state index in [2.05, 4.69) is 9.98 Å². The van der Waals surface area contributed by atoms with Gasteiger partial charge in [-0.3, -0.25) is 9.78 Å². The summed E-state index contributed by atoms with van der Waals surface area (Å²) < 4.78 is 48.5. The zero-order valence-corrected chi connectivity index (χ0v) is 16.3. The summed E-state index contributed by atoms with van der Waals surface area (Å²) in [5, 5.41) is 8.81. The van der Waals surface area contributed by atoms with Crippen LogP contribution < -0.4 is 5.73 Å². The number of Topliss-reactive ketones (excluding diaryl/α,β-unsaturated/α-hetero) is 1. The highest BCUT2D eigenvalue weighted by Crippen LogP contribution is 2.39. The van der Waals surface area contributed by atoms with Gasteiger partial charge in [-0.15, -0.1) is 0 Å². The summed E-state index contributed by atoms with van der Waals surface area (Å²) in [6, 6.07) is 8.14. The second-order valence-corrected chi connectivity index (χ2v) is 7.22. The van der Waals surface area contributed by atoms with Crippen molar-refractivity contribution in [2.75, 3.05) is 0 Å². The van der Waals surface area contributed by atoms with Gasteiger partial charge in [0, 0.05) is 18.2 Å². The molecule has 3 rings (SSSR count). The van der Waals surface area contributed by atoms with E-state index in [0.29, 0.717) is 11.1 Å². The smallest absolute Gasteiger partial charge is 0.283 e. The standard InChI is InChI=1S/C21H19F3N4O2/c1-11(22)18-19(24)21(2,28-20(26)30-18)14-7-12(3-5-15(14)23)8-17(29)16-6-4-13(9-25)10-27-16/h3-7,10-11,18-19H,8H2,1-2H3,(H2,26,28)/t11-,18-,19+,21-/m1/s1. The predicted octanol–water partition coefficient (Wildman–Crippen LogP) is 3.14. The zero-order chi connectivity index (χ0) is 22.1. The van der Waals surface area contributed by atoms with E-state index < -0.39 is 35.8 Å². The quantitative estimate of drug-likeness (QED) is 0.755. The number of ketones is 1. The number of nitriles is 1. The van der Waals surface area contributed by atoms with Gasteiger partial charge in [-0.05, 0) is 43.7 Å². The number of aromatic nitrogens is 1. The number of halogens is 3. The van der Waals surface area contributed by atoms with Gasteiger partial charge >= 0.3 is 0 Å². The molecule has 30 heavy (non-hydrogen) atoms. The molecule has 2 heterocycles. The van der Waals surface area contributed by atoms with Gasteiger partial charge in [0.25, 0.3) is 6.02 Å². The number of nitrogens with two attached hydrogens (primary N) is 1. The van der Waals surface area contributed by atoms with E-state index >= 15 is 4.39 Å². The normalized spacial score (nSPS) is 24.3. The van der Waals surface area contributed by atoms with Crippen LogP contribution >= 0.6 is 0 Å². The maximum absolute atomic E-state index is 15.1. The fourth-order valence-electron chi connectivity index (χ4n) is 3.34. The van der Waals surface area contributed by atoms with Gasteiger partial charge in [-0.25, -0.2) is 18.2 Å². The third-order valence-electron chi connectivity index (χ3n) is 5.00. The fourth-order valence-corrected chi connectivity index (χ4v) is 3.34. The lowest BCUT2D eigenvalue weighted by Gasteiger charge is -2.39. The van der Waals surface area contributed by atoms with Crippen LogP contribution in [0.4, 0.5) is 13.2 Å². The number of nitrogens with zero attached hydrogens (tertiary/aromatic N) is 3. The molecule has 6 nitrogen and oxygen atoms in total. The molecule has 9 heteroatoms. The highest BCUT2D eigenvalue weighted by molar-refractivity contribution is 5.95. The summed E-state index contributed by atoms with van der Waals surface area (Å²) in [5.74, 6) is -1.14. The molecular formula is C21H19F3N4O2. The Hall–Kier alpha value is -3.41. The van der Waals surface area contributed by atoms with Gasteiger partial charge in [0.2, 0.25) is 0 Å². The van der Waals surface area contributed by atoms with Crippen LogP contribution in [0.25, 0.3) is 0 Å². The van der Waals surface area contributed by atoms with Crippen LogP contribution in [0.2, 0.25) is 0 Å². The first kappa shape index (κ1) is 21.3.